The molecule has 0 bridgehead atoms. The normalized spacial score (nSPS) is 43.9. The average molecular weight is 157 g/mol. The molecule has 2 rings (SSSR count). The second kappa shape index (κ2) is 3.09. The van der Waals surface area contributed by atoms with E-state index in [1.54, 1.807) is 0 Å². The molecular formula is C8H15NO2. The molecule has 3 atom stereocenters. The van der Waals surface area contributed by atoms with Crippen molar-refractivity contribution in [1.82, 2.24) is 5.32 Å². The fourth-order valence-electron chi connectivity index (χ4n) is 2.02. The zero-order valence-electron chi connectivity index (χ0n) is 6.62. The van der Waals surface area contributed by atoms with Crippen molar-refractivity contribution < 1.29 is 9.84 Å². The highest BCUT2D eigenvalue weighted by Gasteiger charge is 2.35. The van der Waals surface area contributed by atoms with Crippen LogP contribution in [0.5, 0.6) is 0 Å². The Bertz CT molecular complexity index is 126. The minimum atomic E-state index is 0.0931. The van der Waals surface area contributed by atoms with Crippen LogP contribution in [0.1, 0.15) is 19.3 Å². The van der Waals surface area contributed by atoms with Crippen molar-refractivity contribution in [2.45, 2.75) is 37.5 Å². The largest absolute Gasteiger partial charge is 0.394 e. The SMILES string of the molecule is OCC1CC2NCCCC2O1. The van der Waals surface area contributed by atoms with Crippen molar-refractivity contribution in [2.75, 3.05) is 13.2 Å². The minimum Gasteiger partial charge on any atom is -0.394 e. The number of hydrogen-bond donors (Lipinski definition) is 2. The van der Waals surface area contributed by atoms with Crippen molar-refractivity contribution in [3.05, 3.63) is 0 Å². The van der Waals surface area contributed by atoms with Crippen molar-refractivity contribution in [2.24, 2.45) is 0 Å². The highest BCUT2D eigenvalue weighted by molar-refractivity contribution is 4.90. The summed E-state index contributed by atoms with van der Waals surface area (Å²) in [6.45, 7) is 1.29. The van der Waals surface area contributed by atoms with Gasteiger partial charge in [-0.15, -0.1) is 0 Å². The quantitative estimate of drug-likeness (QED) is 0.558. The lowest BCUT2D eigenvalue weighted by molar-refractivity contribution is -0.000475. The lowest BCUT2D eigenvalue weighted by Crippen LogP contribution is -2.41. The van der Waals surface area contributed by atoms with Crippen molar-refractivity contribution in [3.63, 3.8) is 0 Å². The molecule has 0 aromatic carbocycles. The first-order valence-electron chi connectivity index (χ1n) is 4.40. The molecule has 64 valence electrons. The zero-order valence-corrected chi connectivity index (χ0v) is 6.62. The van der Waals surface area contributed by atoms with E-state index in [9.17, 15) is 0 Å². The van der Waals surface area contributed by atoms with Gasteiger partial charge in [0.25, 0.3) is 0 Å². The van der Waals surface area contributed by atoms with Gasteiger partial charge in [0.2, 0.25) is 0 Å². The Kier molecular flexibility index (Phi) is 2.11. The first-order valence-corrected chi connectivity index (χ1v) is 4.40. The third-order valence-electron chi connectivity index (χ3n) is 2.61. The van der Waals surface area contributed by atoms with Crippen LogP contribution in [0.4, 0.5) is 0 Å². The lowest BCUT2D eigenvalue weighted by Gasteiger charge is -2.24. The zero-order chi connectivity index (χ0) is 7.68. The van der Waals surface area contributed by atoms with E-state index in [0.717, 1.165) is 19.4 Å². The fourth-order valence-corrected chi connectivity index (χ4v) is 2.02. The molecule has 0 spiro atoms. The van der Waals surface area contributed by atoms with Gasteiger partial charge in [0.15, 0.2) is 0 Å². The number of rotatable bonds is 1. The van der Waals surface area contributed by atoms with Gasteiger partial charge in [0.05, 0.1) is 18.8 Å². The van der Waals surface area contributed by atoms with Gasteiger partial charge in [-0.1, -0.05) is 0 Å². The molecule has 2 fully saturated rings. The summed E-state index contributed by atoms with van der Waals surface area (Å²) in [6.07, 6.45) is 3.82. The maximum absolute atomic E-state index is 8.86. The molecule has 3 nitrogen and oxygen atoms in total. The van der Waals surface area contributed by atoms with Crippen LogP contribution in [0.2, 0.25) is 0 Å². The Labute approximate surface area is 66.7 Å². The number of ether oxygens (including phenoxy) is 1. The van der Waals surface area contributed by atoms with Gasteiger partial charge in [-0.05, 0) is 25.8 Å². The standard InChI is InChI=1S/C8H15NO2/c10-5-6-4-7-8(11-6)2-1-3-9-7/h6-10H,1-5H2. The Morgan fingerprint density at radius 2 is 2.45 bits per heavy atom. The summed E-state index contributed by atoms with van der Waals surface area (Å²) in [4.78, 5) is 0. The van der Waals surface area contributed by atoms with Gasteiger partial charge in [-0.3, -0.25) is 0 Å². The van der Waals surface area contributed by atoms with Gasteiger partial charge in [0, 0.05) is 6.04 Å². The van der Waals surface area contributed by atoms with Crippen LogP contribution in [-0.4, -0.2) is 36.5 Å². The second-order valence-corrected chi connectivity index (χ2v) is 3.42. The molecule has 0 radical (unpaired) electrons. The summed E-state index contributed by atoms with van der Waals surface area (Å²) >= 11 is 0. The first kappa shape index (κ1) is 7.53. The van der Waals surface area contributed by atoms with Crippen LogP contribution in [0.3, 0.4) is 0 Å². The highest BCUT2D eigenvalue weighted by Crippen LogP contribution is 2.25. The molecule has 2 N–H and O–H groups in total. The molecular weight excluding hydrogens is 142 g/mol. The third kappa shape index (κ3) is 1.41. The number of piperidine rings is 1. The number of nitrogens with one attached hydrogen (secondary N) is 1. The van der Waals surface area contributed by atoms with Crippen LogP contribution in [0.25, 0.3) is 0 Å². The van der Waals surface area contributed by atoms with E-state index in [2.05, 4.69) is 5.32 Å². The molecule has 0 aliphatic carbocycles. The van der Waals surface area contributed by atoms with E-state index in [0.29, 0.717) is 12.1 Å². The van der Waals surface area contributed by atoms with Crippen LogP contribution < -0.4 is 5.32 Å². The number of aliphatic hydroxyl groups is 1. The van der Waals surface area contributed by atoms with E-state index < -0.39 is 0 Å². The first-order chi connectivity index (χ1) is 5.40. The highest BCUT2D eigenvalue weighted by atomic mass is 16.5. The van der Waals surface area contributed by atoms with Gasteiger partial charge in [-0.2, -0.15) is 0 Å². The van der Waals surface area contributed by atoms with Crippen LogP contribution in [0.15, 0.2) is 0 Å². The molecule has 2 aliphatic rings. The monoisotopic (exact) mass is 157 g/mol. The van der Waals surface area contributed by atoms with Crippen LogP contribution >= 0.6 is 0 Å². The summed E-state index contributed by atoms with van der Waals surface area (Å²) in [5, 5.41) is 12.3. The second-order valence-electron chi connectivity index (χ2n) is 3.42. The molecule has 0 amide bonds. The molecule has 3 unspecified atom stereocenters. The van der Waals surface area contributed by atoms with Crippen LogP contribution in [-0.2, 0) is 4.74 Å². The molecule has 0 aromatic rings. The molecule has 2 heterocycles. The molecule has 2 saturated heterocycles. The maximum Gasteiger partial charge on any atom is 0.0826 e. The van der Waals surface area contributed by atoms with Gasteiger partial charge >= 0.3 is 0 Å². The van der Waals surface area contributed by atoms with Gasteiger partial charge in [0.1, 0.15) is 0 Å². The Morgan fingerprint density at radius 1 is 1.55 bits per heavy atom. The Balaban J connectivity index is 1.92. The van der Waals surface area contributed by atoms with Crippen molar-refractivity contribution in [3.8, 4) is 0 Å². The summed E-state index contributed by atoms with van der Waals surface area (Å²) in [5.74, 6) is 0. The number of fused-ring (bicyclic) bond motifs is 1. The van der Waals surface area contributed by atoms with E-state index in [-0.39, 0.29) is 12.7 Å². The van der Waals surface area contributed by atoms with Gasteiger partial charge < -0.3 is 15.2 Å². The van der Waals surface area contributed by atoms with Gasteiger partial charge in [-0.25, -0.2) is 0 Å². The summed E-state index contributed by atoms with van der Waals surface area (Å²) in [6, 6.07) is 0.515. The third-order valence-corrected chi connectivity index (χ3v) is 2.61. The average Bonchev–Trinajstić information content (AvgIpc) is 2.46. The molecule has 3 heteroatoms. The number of aliphatic hydroxyl groups excluding tert-OH is 1. The molecule has 0 saturated carbocycles. The minimum absolute atomic E-state index is 0.0931. The Morgan fingerprint density at radius 3 is 3.18 bits per heavy atom. The molecule has 11 heavy (non-hydrogen) atoms. The smallest absolute Gasteiger partial charge is 0.0826 e. The summed E-state index contributed by atoms with van der Waals surface area (Å²) < 4.78 is 5.60. The summed E-state index contributed by atoms with van der Waals surface area (Å²) in [7, 11) is 0. The predicted molar refractivity (Wildman–Crippen MR) is 41.4 cm³/mol. The Hall–Kier alpha value is -0.120. The maximum atomic E-state index is 8.86. The van der Waals surface area contributed by atoms with E-state index in [1.807, 2.05) is 0 Å². The topological polar surface area (TPSA) is 41.5 Å². The predicted octanol–water partition coefficient (Wildman–Crippen LogP) is -0.112. The number of hydrogen-bond acceptors (Lipinski definition) is 3. The van der Waals surface area contributed by atoms with E-state index in [1.165, 1.54) is 6.42 Å². The van der Waals surface area contributed by atoms with Crippen LogP contribution in [0, 0.1) is 0 Å². The fraction of sp³-hybridized carbons (Fsp3) is 1.00. The lowest BCUT2D eigenvalue weighted by atomic mass is 10.0. The van der Waals surface area contributed by atoms with E-state index in [4.69, 9.17) is 9.84 Å². The summed E-state index contributed by atoms with van der Waals surface area (Å²) in [5.41, 5.74) is 0. The van der Waals surface area contributed by atoms with E-state index >= 15 is 0 Å². The molecule has 2 aliphatic heterocycles. The van der Waals surface area contributed by atoms with Crippen molar-refractivity contribution in [1.29, 1.82) is 0 Å². The van der Waals surface area contributed by atoms with Crippen molar-refractivity contribution >= 4 is 0 Å². The molecule has 0 aromatic heterocycles.